The van der Waals surface area contributed by atoms with E-state index in [1.54, 1.807) is 0 Å². The Morgan fingerprint density at radius 2 is 2.00 bits per heavy atom. The molecule has 1 saturated heterocycles. The Hall–Kier alpha value is -0.300. The zero-order valence-corrected chi connectivity index (χ0v) is 7.19. The molecule has 0 amide bonds. The highest BCUT2D eigenvalue weighted by atomic mass is 14.9. The third-order valence-corrected chi connectivity index (χ3v) is 2.04. The minimum atomic E-state index is 0.880. The second kappa shape index (κ2) is 5.48. The molecule has 1 fully saturated rings. The lowest BCUT2D eigenvalue weighted by molar-refractivity contribution is 0.419. The molecule has 0 aromatic rings. The van der Waals surface area contributed by atoms with Crippen molar-refractivity contribution in [3.8, 4) is 0 Å². The second-order valence-electron chi connectivity index (χ2n) is 3.00. The van der Waals surface area contributed by atoms with Crippen LogP contribution >= 0.6 is 0 Å². The molecule has 1 nitrogen and oxygen atoms in total. The molecular weight excluding hydrogens is 122 g/mol. The van der Waals surface area contributed by atoms with Gasteiger partial charge in [0.15, 0.2) is 0 Å². The van der Waals surface area contributed by atoms with Crippen LogP contribution in [0.3, 0.4) is 0 Å². The molecule has 1 atom stereocenters. The standard InChI is InChI=1S/C7H15N.C2H4/c1-6(2)7-3-4-8-5-7;1-2/h6-8H,3-5H2,1-2H3;1-2H2. The zero-order chi connectivity index (χ0) is 7.98. The first-order chi connectivity index (χ1) is 4.80. The average molecular weight is 141 g/mol. The maximum Gasteiger partial charge on any atom is -0.00176 e. The first kappa shape index (κ1) is 9.70. The van der Waals surface area contributed by atoms with Crippen molar-refractivity contribution in [1.82, 2.24) is 5.32 Å². The van der Waals surface area contributed by atoms with Gasteiger partial charge in [-0.1, -0.05) is 13.8 Å². The topological polar surface area (TPSA) is 12.0 Å². The van der Waals surface area contributed by atoms with Crippen molar-refractivity contribution in [1.29, 1.82) is 0 Å². The van der Waals surface area contributed by atoms with Crippen LogP contribution in [0.2, 0.25) is 0 Å². The van der Waals surface area contributed by atoms with Gasteiger partial charge in [-0.25, -0.2) is 0 Å². The van der Waals surface area contributed by atoms with Gasteiger partial charge in [0, 0.05) is 0 Å². The zero-order valence-electron chi connectivity index (χ0n) is 7.19. The van der Waals surface area contributed by atoms with Crippen LogP contribution in [0.25, 0.3) is 0 Å². The summed E-state index contributed by atoms with van der Waals surface area (Å²) in [6.45, 7) is 13.1. The Kier molecular flexibility index (Phi) is 5.32. The Labute approximate surface area is 64.5 Å². The molecule has 0 radical (unpaired) electrons. The van der Waals surface area contributed by atoms with E-state index < -0.39 is 0 Å². The fourth-order valence-corrected chi connectivity index (χ4v) is 1.25. The molecule has 0 bridgehead atoms. The van der Waals surface area contributed by atoms with Gasteiger partial charge in [-0.2, -0.15) is 0 Å². The van der Waals surface area contributed by atoms with Crippen LogP contribution in [-0.4, -0.2) is 13.1 Å². The lowest BCUT2D eigenvalue weighted by Gasteiger charge is -2.10. The number of hydrogen-bond donors (Lipinski definition) is 1. The number of nitrogens with one attached hydrogen (secondary N) is 1. The summed E-state index contributed by atoms with van der Waals surface area (Å²) in [6, 6.07) is 0. The Bertz CT molecular complexity index is 72.8. The summed E-state index contributed by atoms with van der Waals surface area (Å²) in [5, 5.41) is 3.35. The molecular formula is C9H19N. The highest BCUT2D eigenvalue weighted by Crippen LogP contribution is 2.16. The summed E-state index contributed by atoms with van der Waals surface area (Å²) in [5.41, 5.74) is 0. The van der Waals surface area contributed by atoms with Crippen molar-refractivity contribution in [2.75, 3.05) is 13.1 Å². The van der Waals surface area contributed by atoms with Crippen LogP contribution in [0.15, 0.2) is 13.2 Å². The average Bonchev–Trinajstić information content (AvgIpc) is 2.42. The second-order valence-corrected chi connectivity index (χ2v) is 3.00. The van der Waals surface area contributed by atoms with Crippen LogP contribution in [0.1, 0.15) is 20.3 Å². The molecule has 0 aromatic heterocycles. The van der Waals surface area contributed by atoms with Gasteiger partial charge in [0.1, 0.15) is 0 Å². The maximum atomic E-state index is 3.35. The first-order valence-electron chi connectivity index (χ1n) is 4.01. The van der Waals surface area contributed by atoms with Crippen molar-refractivity contribution in [3.05, 3.63) is 13.2 Å². The molecule has 1 N–H and O–H groups in total. The number of hydrogen-bond acceptors (Lipinski definition) is 1. The SMILES string of the molecule is C=C.CC(C)C1CCNC1. The van der Waals surface area contributed by atoms with Crippen molar-refractivity contribution < 1.29 is 0 Å². The van der Waals surface area contributed by atoms with Crippen molar-refractivity contribution in [2.45, 2.75) is 20.3 Å². The van der Waals surface area contributed by atoms with Gasteiger partial charge in [-0.3, -0.25) is 0 Å². The van der Waals surface area contributed by atoms with E-state index in [0.29, 0.717) is 0 Å². The molecule has 0 saturated carbocycles. The number of rotatable bonds is 1. The highest BCUT2D eigenvalue weighted by molar-refractivity contribution is 4.72. The van der Waals surface area contributed by atoms with Gasteiger partial charge < -0.3 is 5.32 Å². The molecule has 1 aliphatic heterocycles. The summed E-state index contributed by atoms with van der Waals surface area (Å²) in [4.78, 5) is 0. The molecule has 0 aliphatic carbocycles. The molecule has 1 rings (SSSR count). The Balaban J connectivity index is 0.000000371. The van der Waals surface area contributed by atoms with Crippen LogP contribution in [-0.2, 0) is 0 Å². The van der Waals surface area contributed by atoms with Crippen LogP contribution in [0.5, 0.6) is 0 Å². The van der Waals surface area contributed by atoms with E-state index in [0.717, 1.165) is 11.8 Å². The summed E-state index contributed by atoms with van der Waals surface area (Å²) in [6.07, 6.45) is 1.39. The fourth-order valence-electron chi connectivity index (χ4n) is 1.25. The summed E-state index contributed by atoms with van der Waals surface area (Å²) in [7, 11) is 0. The maximum absolute atomic E-state index is 3.35. The van der Waals surface area contributed by atoms with Crippen molar-refractivity contribution >= 4 is 0 Å². The van der Waals surface area contributed by atoms with E-state index in [2.05, 4.69) is 32.3 Å². The van der Waals surface area contributed by atoms with Gasteiger partial charge >= 0.3 is 0 Å². The predicted molar refractivity (Wildman–Crippen MR) is 47.1 cm³/mol. The van der Waals surface area contributed by atoms with E-state index in [1.807, 2.05) is 0 Å². The molecule has 0 spiro atoms. The van der Waals surface area contributed by atoms with E-state index in [4.69, 9.17) is 0 Å². The summed E-state index contributed by atoms with van der Waals surface area (Å²) in [5.74, 6) is 1.83. The van der Waals surface area contributed by atoms with Crippen LogP contribution < -0.4 is 5.32 Å². The summed E-state index contributed by atoms with van der Waals surface area (Å²) < 4.78 is 0. The Morgan fingerprint density at radius 1 is 1.40 bits per heavy atom. The fraction of sp³-hybridized carbons (Fsp3) is 0.778. The molecule has 0 aromatic carbocycles. The first-order valence-corrected chi connectivity index (χ1v) is 4.01. The van der Waals surface area contributed by atoms with E-state index in [1.165, 1.54) is 19.5 Å². The molecule has 1 unspecified atom stereocenters. The van der Waals surface area contributed by atoms with Gasteiger partial charge in [-0.05, 0) is 31.3 Å². The lowest BCUT2D eigenvalue weighted by Crippen LogP contribution is -2.12. The highest BCUT2D eigenvalue weighted by Gasteiger charge is 2.16. The largest absolute Gasteiger partial charge is 0.316 e. The molecule has 60 valence electrons. The lowest BCUT2D eigenvalue weighted by atomic mass is 9.96. The molecule has 10 heavy (non-hydrogen) atoms. The summed E-state index contributed by atoms with van der Waals surface area (Å²) >= 11 is 0. The van der Waals surface area contributed by atoms with Gasteiger partial charge in [-0.15, -0.1) is 13.2 Å². The van der Waals surface area contributed by atoms with Gasteiger partial charge in [0.25, 0.3) is 0 Å². The Morgan fingerprint density at radius 3 is 2.20 bits per heavy atom. The monoisotopic (exact) mass is 141 g/mol. The minimum Gasteiger partial charge on any atom is -0.316 e. The van der Waals surface area contributed by atoms with Crippen LogP contribution in [0, 0.1) is 11.8 Å². The third kappa shape index (κ3) is 3.02. The van der Waals surface area contributed by atoms with E-state index >= 15 is 0 Å². The third-order valence-electron chi connectivity index (χ3n) is 2.04. The van der Waals surface area contributed by atoms with Crippen molar-refractivity contribution in [3.63, 3.8) is 0 Å². The quantitative estimate of drug-likeness (QED) is 0.551. The normalized spacial score (nSPS) is 24.1. The van der Waals surface area contributed by atoms with E-state index in [9.17, 15) is 0 Å². The molecule has 1 heterocycles. The predicted octanol–water partition coefficient (Wildman–Crippen LogP) is 2.05. The van der Waals surface area contributed by atoms with E-state index in [-0.39, 0.29) is 0 Å². The van der Waals surface area contributed by atoms with Crippen LogP contribution in [0.4, 0.5) is 0 Å². The molecule has 1 heteroatoms. The van der Waals surface area contributed by atoms with Gasteiger partial charge in [0.2, 0.25) is 0 Å². The smallest absolute Gasteiger partial charge is 0.00176 e. The molecule has 1 aliphatic rings. The van der Waals surface area contributed by atoms with Crippen molar-refractivity contribution in [2.24, 2.45) is 11.8 Å². The van der Waals surface area contributed by atoms with Gasteiger partial charge in [0.05, 0.1) is 0 Å². The minimum absolute atomic E-state index is 0.880.